The standard InChI is InChI=1S/C9H14N2O/c1-4-12-8-5-10-9(7(2)3)11-6-8/h5-7H,4H2,1-3H3. The number of nitrogens with zero attached hydrogens (tertiary/aromatic N) is 2. The van der Waals surface area contributed by atoms with E-state index in [1.807, 2.05) is 6.92 Å². The maximum atomic E-state index is 5.22. The highest BCUT2D eigenvalue weighted by Gasteiger charge is 2.01. The zero-order valence-electron chi connectivity index (χ0n) is 7.74. The quantitative estimate of drug-likeness (QED) is 0.688. The molecule has 0 aliphatic carbocycles. The molecule has 1 rings (SSSR count). The molecule has 0 saturated heterocycles. The van der Waals surface area contributed by atoms with Gasteiger partial charge in [0.2, 0.25) is 0 Å². The van der Waals surface area contributed by atoms with Crippen LogP contribution in [0.15, 0.2) is 12.4 Å². The van der Waals surface area contributed by atoms with Crippen LogP contribution >= 0.6 is 0 Å². The summed E-state index contributed by atoms with van der Waals surface area (Å²) in [5.41, 5.74) is 0. The average molecular weight is 166 g/mol. The second-order valence-corrected chi connectivity index (χ2v) is 2.86. The molecule has 0 aromatic carbocycles. The molecular formula is C9H14N2O. The van der Waals surface area contributed by atoms with Gasteiger partial charge < -0.3 is 4.74 Å². The Morgan fingerprint density at radius 3 is 2.33 bits per heavy atom. The molecule has 0 radical (unpaired) electrons. The molecule has 12 heavy (non-hydrogen) atoms. The monoisotopic (exact) mass is 166 g/mol. The Kier molecular flexibility index (Phi) is 3.02. The molecule has 0 spiro atoms. The van der Waals surface area contributed by atoms with Gasteiger partial charge in [0, 0.05) is 5.92 Å². The van der Waals surface area contributed by atoms with E-state index in [0.29, 0.717) is 12.5 Å². The Morgan fingerprint density at radius 1 is 1.33 bits per heavy atom. The lowest BCUT2D eigenvalue weighted by molar-refractivity contribution is 0.336. The lowest BCUT2D eigenvalue weighted by atomic mass is 10.2. The molecule has 1 heterocycles. The fraction of sp³-hybridized carbons (Fsp3) is 0.556. The third-order valence-corrected chi connectivity index (χ3v) is 1.48. The van der Waals surface area contributed by atoms with Gasteiger partial charge in [-0.1, -0.05) is 13.8 Å². The SMILES string of the molecule is CCOc1cnc(C(C)C)nc1. The van der Waals surface area contributed by atoms with Crippen LogP contribution in [0.2, 0.25) is 0 Å². The van der Waals surface area contributed by atoms with Crippen molar-refractivity contribution in [2.24, 2.45) is 0 Å². The molecule has 0 N–H and O–H groups in total. The Balaban J connectivity index is 2.71. The Labute approximate surface area is 72.8 Å². The number of ether oxygens (including phenoxy) is 1. The number of aromatic nitrogens is 2. The van der Waals surface area contributed by atoms with Crippen molar-refractivity contribution in [3.8, 4) is 5.75 Å². The second kappa shape index (κ2) is 4.04. The van der Waals surface area contributed by atoms with Crippen molar-refractivity contribution in [2.75, 3.05) is 6.61 Å². The van der Waals surface area contributed by atoms with E-state index in [4.69, 9.17) is 4.74 Å². The maximum Gasteiger partial charge on any atom is 0.155 e. The van der Waals surface area contributed by atoms with E-state index < -0.39 is 0 Å². The summed E-state index contributed by atoms with van der Waals surface area (Å²) in [6.07, 6.45) is 3.43. The molecule has 0 aliphatic heterocycles. The van der Waals surface area contributed by atoms with Crippen LogP contribution in [0.5, 0.6) is 5.75 Å². The van der Waals surface area contributed by atoms with Gasteiger partial charge in [0.1, 0.15) is 5.82 Å². The summed E-state index contributed by atoms with van der Waals surface area (Å²) >= 11 is 0. The predicted octanol–water partition coefficient (Wildman–Crippen LogP) is 2.00. The third-order valence-electron chi connectivity index (χ3n) is 1.48. The van der Waals surface area contributed by atoms with Crippen LogP contribution in [0.4, 0.5) is 0 Å². The number of hydrogen-bond donors (Lipinski definition) is 0. The van der Waals surface area contributed by atoms with Crippen molar-refractivity contribution in [1.29, 1.82) is 0 Å². The highest BCUT2D eigenvalue weighted by Crippen LogP contribution is 2.11. The first-order valence-electron chi connectivity index (χ1n) is 4.18. The van der Waals surface area contributed by atoms with Crippen molar-refractivity contribution in [3.63, 3.8) is 0 Å². The van der Waals surface area contributed by atoms with E-state index in [0.717, 1.165) is 11.6 Å². The highest BCUT2D eigenvalue weighted by atomic mass is 16.5. The van der Waals surface area contributed by atoms with Crippen LogP contribution in [0.3, 0.4) is 0 Å². The molecule has 0 atom stereocenters. The predicted molar refractivity (Wildman–Crippen MR) is 47.3 cm³/mol. The van der Waals surface area contributed by atoms with Crippen molar-refractivity contribution in [2.45, 2.75) is 26.7 Å². The lowest BCUT2D eigenvalue weighted by Crippen LogP contribution is -1.98. The van der Waals surface area contributed by atoms with Crippen LogP contribution in [-0.2, 0) is 0 Å². The normalized spacial score (nSPS) is 10.3. The van der Waals surface area contributed by atoms with Crippen LogP contribution in [0, 0.1) is 0 Å². The Hall–Kier alpha value is -1.12. The van der Waals surface area contributed by atoms with E-state index >= 15 is 0 Å². The zero-order valence-corrected chi connectivity index (χ0v) is 7.74. The van der Waals surface area contributed by atoms with E-state index in [1.54, 1.807) is 12.4 Å². The van der Waals surface area contributed by atoms with Crippen LogP contribution in [0.25, 0.3) is 0 Å². The van der Waals surface area contributed by atoms with Crippen LogP contribution in [0.1, 0.15) is 32.5 Å². The van der Waals surface area contributed by atoms with E-state index in [9.17, 15) is 0 Å². The van der Waals surface area contributed by atoms with E-state index in [-0.39, 0.29) is 0 Å². The minimum Gasteiger partial charge on any atom is -0.491 e. The third kappa shape index (κ3) is 2.19. The van der Waals surface area contributed by atoms with Gasteiger partial charge in [-0.2, -0.15) is 0 Å². The largest absolute Gasteiger partial charge is 0.491 e. The molecule has 0 saturated carbocycles. The summed E-state index contributed by atoms with van der Waals surface area (Å²) in [6, 6.07) is 0. The molecule has 66 valence electrons. The van der Waals surface area contributed by atoms with Crippen LogP contribution < -0.4 is 4.74 Å². The second-order valence-electron chi connectivity index (χ2n) is 2.86. The minimum absolute atomic E-state index is 0.376. The molecule has 0 aliphatic rings. The summed E-state index contributed by atoms with van der Waals surface area (Å²) in [7, 11) is 0. The molecular weight excluding hydrogens is 152 g/mol. The van der Waals surface area contributed by atoms with E-state index in [2.05, 4.69) is 23.8 Å². The van der Waals surface area contributed by atoms with Crippen molar-refractivity contribution in [1.82, 2.24) is 9.97 Å². The molecule has 1 aromatic heterocycles. The smallest absolute Gasteiger partial charge is 0.155 e. The van der Waals surface area contributed by atoms with Gasteiger partial charge in [-0.05, 0) is 6.92 Å². The van der Waals surface area contributed by atoms with Gasteiger partial charge in [0.25, 0.3) is 0 Å². The highest BCUT2D eigenvalue weighted by molar-refractivity contribution is 5.13. The molecule has 0 amide bonds. The first kappa shape index (κ1) is 8.97. The van der Waals surface area contributed by atoms with Gasteiger partial charge in [-0.25, -0.2) is 9.97 Å². The number of rotatable bonds is 3. The topological polar surface area (TPSA) is 35.0 Å². The van der Waals surface area contributed by atoms with Crippen molar-refractivity contribution >= 4 is 0 Å². The van der Waals surface area contributed by atoms with Gasteiger partial charge in [0.05, 0.1) is 19.0 Å². The molecule has 3 nitrogen and oxygen atoms in total. The lowest BCUT2D eigenvalue weighted by Gasteiger charge is -2.04. The van der Waals surface area contributed by atoms with Gasteiger partial charge >= 0.3 is 0 Å². The van der Waals surface area contributed by atoms with Crippen LogP contribution in [-0.4, -0.2) is 16.6 Å². The minimum atomic E-state index is 0.376. The fourth-order valence-electron chi connectivity index (χ4n) is 0.866. The van der Waals surface area contributed by atoms with E-state index in [1.165, 1.54) is 0 Å². The Morgan fingerprint density at radius 2 is 1.92 bits per heavy atom. The Bertz CT molecular complexity index is 231. The summed E-state index contributed by atoms with van der Waals surface area (Å²) < 4.78 is 5.22. The molecule has 0 unspecified atom stereocenters. The maximum absolute atomic E-state index is 5.22. The van der Waals surface area contributed by atoms with Crippen molar-refractivity contribution in [3.05, 3.63) is 18.2 Å². The molecule has 0 bridgehead atoms. The summed E-state index contributed by atoms with van der Waals surface area (Å²) in [6.45, 7) is 6.73. The van der Waals surface area contributed by atoms with Crippen molar-refractivity contribution < 1.29 is 4.74 Å². The summed E-state index contributed by atoms with van der Waals surface area (Å²) in [5.74, 6) is 1.97. The molecule has 0 fully saturated rings. The zero-order chi connectivity index (χ0) is 8.97. The molecule has 3 heteroatoms. The summed E-state index contributed by atoms with van der Waals surface area (Å²) in [5, 5.41) is 0. The van der Waals surface area contributed by atoms with Gasteiger partial charge in [0.15, 0.2) is 5.75 Å². The summed E-state index contributed by atoms with van der Waals surface area (Å²) in [4.78, 5) is 8.32. The first-order valence-corrected chi connectivity index (χ1v) is 4.18. The molecule has 1 aromatic rings. The first-order chi connectivity index (χ1) is 5.74. The average Bonchev–Trinajstić information content (AvgIpc) is 2.06. The van der Waals surface area contributed by atoms with Gasteiger partial charge in [-0.3, -0.25) is 0 Å². The fourth-order valence-corrected chi connectivity index (χ4v) is 0.866. The number of hydrogen-bond acceptors (Lipinski definition) is 3. The van der Waals surface area contributed by atoms with Gasteiger partial charge in [-0.15, -0.1) is 0 Å².